The van der Waals surface area contributed by atoms with Crippen molar-refractivity contribution in [2.45, 2.75) is 25.9 Å². The lowest BCUT2D eigenvalue weighted by Gasteiger charge is -2.13. The Morgan fingerprint density at radius 2 is 2.15 bits per heavy atom. The first kappa shape index (κ1) is 19.9. The lowest BCUT2D eigenvalue weighted by molar-refractivity contribution is 0.0733. The smallest absolute Gasteiger partial charge is 0.191 e. The van der Waals surface area contributed by atoms with Crippen molar-refractivity contribution in [1.29, 1.82) is 0 Å². The molecule has 0 aromatic heterocycles. The third-order valence-electron chi connectivity index (χ3n) is 2.79. The third-order valence-corrected chi connectivity index (χ3v) is 2.79. The van der Waals surface area contributed by atoms with Gasteiger partial charge in [0.25, 0.3) is 0 Å². The van der Waals surface area contributed by atoms with Crippen LogP contribution < -0.4 is 10.6 Å². The Hall–Kier alpha value is -0.120. The molecule has 0 aromatic rings. The van der Waals surface area contributed by atoms with E-state index in [0.717, 1.165) is 45.0 Å². The van der Waals surface area contributed by atoms with Gasteiger partial charge >= 0.3 is 0 Å². The molecule has 120 valence electrons. The first-order valence-corrected chi connectivity index (χ1v) is 7.07. The summed E-state index contributed by atoms with van der Waals surface area (Å²) in [7, 11) is 1.67. The lowest BCUT2D eigenvalue weighted by Crippen LogP contribution is -2.39. The Morgan fingerprint density at radius 3 is 2.80 bits per heavy atom. The molecule has 0 spiro atoms. The standard InChI is InChI=1S/C13H27N3O3.HI/c1-3-14-13(15-6-8-18-10-9-17-2)16-11-12-5-4-7-19-12;/h12H,3-11H2,1-2H3,(H2,14,15,16);1H. The second-order valence-corrected chi connectivity index (χ2v) is 4.39. The molecule has 7 heteroatoms. The molecule has 1 aliphatic rings. The van der Waals surface area contributed by atoms with Crippen molar-refractivity contribution < 1.29 is 14.2 Å². The fourth-order valence-electron chi connectivity index (χ4n) is 1.81. The summed E-state index contributed by atoms with van der Waals surface area (Å²) in [6, 6.07) is 0. The van der Waals surface area contributed by atoms with E-state index >= 15 is 0 Å². The summed E-state index contributed by atoms with van der Waals surface area (Å²) in [6.45, 7) is 7.14. The molecule has 2 N–H and O–H groups in total. The van der Waals surface area contributed by atoms with Crippen molar-refractivity contribution in [2.75, 3.05) is 53.2 Å². The molecule has 1 heterocycles. The number of hydrogen-bond acceptors (Lipinski definition) is 4. The number of rotatable bonds is 9. The molecule has 1 atom stereocenters. The Bertz CT molecular complexity index is 249. The van der Waals surface area contributed by atoms with Gasteiger partial charge in [-0.15, -0.1) is 24.0 Å². The summed E-state index contributed by atoms with van der Waals surface area (Å²) in [6.07, 6.45) is 2.55. The summed E-state index contributed by atoms with van der Waals surface area (Å²) in [5.74, 6) is 0.827. The van der Waals surface area contributed by atoms with Crippen LogP contribution in [-0.2, 0) is 14.2 Å². The van der Waals surface area contributed by atoms with Crippen molar-refractivity contribution in [3.8, 4) is 0 Å². The van der Waals surface area contributed by atoms with Gasteiger partial charge in [-0.25, -0.2) is 0 Å². The molecule has 1 rings (SSSR count). The van der Waals surface area contributed by atoms with E-state index < -0.39 is 0 Å². The van der Waals surface area contributed by atoms with E-state index in [2.05, 4.69) is 22.5 Å². The maximum atomic E-state index is 5.55. The SMILES string of the molecule is CCNC(=NCC1CCCO1)NCCOCCOC.I. The average molecular weight is 401 g/mol. The molecule has 0 radical (unpaired) electrons. The average Bonchev–Trinajstić information content (AvgIpc) is 2.93. The van der Waals surface area contributed by atoms with E-state index in [1.807, 2.05) is 0 Å². The zero-order chi connectivity index (χ0) is 13.8. The van der Waals surface area contributed by atoms with Crippen LogP contribution >= 0.6 is 24.0 Å². The highest BCUT2D eigenvalue weighted by Crippen LogP contribution is 2.11. The number of hydrogen-bond donors (Lipinski definition) is 2. The van der Waals surface area contributed by atoms with Crippen molar-refractivity contribution >= 4 is 29.9 Å². The van der Waals surface area contributed by atoms with Crippen LogP contribution in [0.4, 0.5) is 0 Å². The molecule has 1 aliphatic heterocycles. The molecule has 0 aliphatic carbocycles. The molecule has 20 heavy (non-hydrogen) atoms. The predicted octanol–water partition coefficient (Wildman–Crippen LogP) is 1.00. The molecule has 0 aromatic carbocycles. The quantitative estimate of drug-likeness (QED) is 0.261. The first-order valence-electron chi connectivity index (χ1n) is 7.07. The van der Waals surface area contributed by atoms with Crippen LogP contribution in [0.15, 0.2) is 4.99 Å². The molecule has 6 nitrogen and oxygen atoms in total. The summed E-state index contributed by atoms with van der Waals surface area (Å²) < 4.78 is 15.8. The van der Waals surface area contributed by atoms with Gasteiger partial charge in [-0.1, -0.05) is 0 Å². The Labute approximate surface area is 139 Å². The fraction of sp³-hybridized carbons (Fsp3) is 0.923. The number of nitrogens with zero attached hydrogens (tertiary/aromatic N) is 1. The van der Waals surface area contributed by atoms with Gasteiger partial charge in [0.1, 0.15) is 0 Å². The van der Waals surface area contributed by atoms with Crippen LogP contribution in [0.2, 0.25) is 0 Å². The fourth-order valence-corrected chi connectivity index (χ4v) is 1.81. The number of methoxy groups -OCH3 is 1. The molecule has 1 saturated heterocycles. The van der Waals surface area contributed by atoms with Crippen molar-refractivity contribution in [3.63, 3.8) is 0 Å². The zero-order valence-corrected chi connectivity index (χ0v) is 14.9. The highest BCUT2D eigenvalue weighted by atomic mass is 127. The number of aliphatic imine (C=N–C) groups is 1. The number of halogens is 1. The normalized spacial score (nSPS) is 18.7. The highest BCUT2D eigenvalue weighted by Gasteiger charge is 2.14. The summed E-state index contributed by atoms with van der Waals surface area (Å²) in [5.41, 5.74) is 0. The molecule has 1 fully saturated rings. The van der Waals surface area contributed by atoms with Crippen LogP contribution in [-0.4, -0.2) is 65.2 Å². The molecule has 0 saturated carbocycles. The Balaban J connectivity index is 0.00000361. The number of ether oxygens (including phenoxy) is 3. The van der Waals surface area contributed by atoms with Crippen LogP contribution in [0.5, 0.6) is 0 Å². The molecule has 0 amide bonds. The van der Waals surface area contributed by atoms with Gasteiger partial charge in [0.15, 0.2) is 5.96 Å². The lowest BCUT2D eigenvalue weighted by atomic mass is 10.2. The number of guanidine groups is 1. The Morgan fingerprint density at radius 1 is 1.30 bits per heavy atom. The third kappa shape index (κ3) is 9.73. The molecule has 1 unspecified atom stereocenters. The molecular formula is C13H28IN3O3. The minimum Gasteiger partial charge on any atom is -0.382 e. The van der Waals surface area contributed by atoms with Gasteiger partial charge in [-0.2, -0.15) is 0 Å². The second kappa shape index (κ2) is 13.8. The van der Waals surface area contributed by atoms with Gasteiger partial charge in [0.05, 0.1) is 32.5 Å². The maximum absolute atomic E-state index is 5.55. The van der Waals surface area contributed by atoms with E-state index in [4.69, 9.17) is 14.2 Å². The van der Waals surface area contributed by atoms with E-state index in [1.165, 1.54) is 0 Å². The van der Waals surface area contributed by atoms with Crippen LogP contribution in [0.3, 0.4) is 0 Å². The van der Waals surface area contributed by atoms with Gasteiger partial charge in [-0.3, -0.25) is 4.99 Å². The van der Waals surface area contributed by atoms with Crippen LogP contribution in [0, 0.1) is 0 Å². The van der Waals surface area contributed by atoms with E-state index in [0.29, 0.717) is 19.8 Å². The van der Waals surface area contributed by atoms with E-state index in [-0.39, 0.29) is 30.1 Å². The summed E-state index contributed by atoms with van der Waals surface area (Å²) in [4.78, 5) is 4.52. The van der Waals surface area contributed by atoms with Gasteiger partial charge in [0, 0.05) is 26.8 Å². The van der Waals surface area contributed by atoms with E-state index in [9.17, 15) is 0 Å². The minimum absolute atomic E-state index is 0. The monoisotopic (exact) mass is 401 g/mol. The Kier molecular flexibility index (Phi) is 13.8. The van der Waals surface area contributed by atoms with Crippen LogP contribution in [0.1, 0.15) is 19.8 Å². The summed E-state index contributed by atoms with van der Waals surface area (Å²) >= 11 is 0. The van der Waals surface area contributed by atoms with Crippen molar-refractivity contribution in [3.05, 3.63) is 0 Å². The van der Waals surface area contributed by atoms with Crippen LogP contribution in [0.25, 0.3) is 0 Å². The van der Waals surface area contributed by atoms with Crippen molar-refractivity contribution in [1.82, 2.24) is 10.6 Å². The first-order chi connectivity index (χ1) is 9.36. The van der Waals surface area contributed by atoms with E-state index in [1.54, 1.807) is 7.11 Å². The van der Waals surface area contributed by atoms with Gasteiger partial charge in [0.2, 0.25) is 0 Å². The largest absolute Gasteiger partial charge is 0.382 e. The number of nitrogens with one attached hydrogen (secondary N) is 2. The van der Waals surface area contributed by atoms with Gasteiger partial charge in [-0.05, 0) is 19.8 Å². The minimum atomic E-state index is 0. The second-order valence-electron chi connectivity index (χ2n) is 4.39. The summed E-state index contributed by atoms with van der Waals surface area (Å²) in [5, 5.41) is 6.45. The van der Waals surface area contributed by atoms with Gasteiger partial charge < -0.3 is 24.8 Å². The molecule has 0 bridgehead atoms. The topological polar surface area (TPSA) is 64.1 Å². The molecular weight excluding hydrogens is 373 g/mol. The van der Waals surface area contributed by atoms with Crippen molar-refractivity contribution in [2.24, 2.45) is 4.99 Å². The highest BCUT2D eigenvalue weighted by molar-refractivity contribution is 14.0. The predicted molar refractivity (Wildman–Crippen MR) is 91.1 cm³/mol. The maximum Gasteiger partial charge on any atom is 0.191 e. The zero-order valence-electron chi connectivity index (χ0n) is 12.5.